The molecule has 3 rings (SSSR count). The van der Waals surface area contributed by atoms with Crippen molar-refractivity contribution < 1.29 is 14.3 Å². The van der Waals surface area contributed by atoms with Crippen LogP contribution in [0, 0.1) is 13.8 Å². The number of nitrogens with zero attached hydrogens (tertiary/aromatic N) is 3. The van der Waals surface area contributed by atoms with E-state index in [-0.39, 0.29) is 18.9 Å². The predicted molar refractivity (Wildman–Crippen MR) is 129 cm³/mol. The number of fused-ring (bicyclic) bond motifs is 1. The van der Waals surface area contributed by atoms with E-state index < -0.39 is 23.3 Å². The van der Waals surface area contributed by atoms with Gasteiger partial charge in [0.25, 0.3) is 5.56 Å². The molecule has 9 heteroatoms. The molecule has 0 aliphatic heterocycles. The van der Waals surface area contributed by atoms with Gasteiger partial charge in [0.2, 0.25) is 5.91 Å². The van der Waals surface area contributed by atoms with Crippen LogP contribution in [0.3, 0.4) is 0 Å². The smallest absolute Gasteiger partial charge is 0.332 e. The van der Waals surface area contributed by atoms with Gasteiger partial charge in [-0.1, -0.05) is 30.3 Å². The van der Waals surface area contributed by atoms with Crippen LogP contribution in [0.2, 0.25) is 0 Å². The molecule has 0 radical (unpaired) electrons. The molecule has 0 aliphatic rings. The fourth-order valence-electron chi connectivity index (χ4n) is 4.10. The van der Waals surface area contributed by atoms with Crippen molar-refractivity contribution in [1.29, 1.82) is 0 Å². The fourth-order valence-corrected chi connectivity index (χ4v) is 4.10. The Hall–Kier alpha value is -3.75. The van der Waals surface area contributed by atoms with E-state index in [1.807, 2.05) is 30.3 Å². The number of ether oxygens (including phenoxy) is 1. The van der Waals surface area contributed by atoms with Gasteiger partial charge >= 0.3 is 11.7 Å². The van der Waals surface area contributed by atoms with Crippen LogP contribution in [0.25, 0.3) is 11.0 Å². The molecule has 3 aromatic rings. The lowest BCUT2D eigenvalue weighted by Crippen LogP contribution is -2.43. The lowest BCUT2D eigenvalue weighted by Gasteiger charge is -2.18. The van der Waals surface area contributed by atoms with Crippen molar-refractivity contribution in [2.24, 2.45) is 14.1 Å². The zero-order valence-electron chi connectivity index (χ0n) is 20.2. The fraction of sp³-hybridized carbons (Fsp3) is 0.400. The number of nitrogens with one attached hydrogen (secondary N) is 1. The summed E-state index contributed by atoms with van der Waals surface area (Å²) in [6.07, 6.45) is 0.760. The van der Waals surface area contributed by atoms with Gasteiger partial charge in [0, 0.05) is 32.6 Å². The summed E-state index contributed by atoms with van der Waals surface area (Å²) in [6, 6.07) is 8.61. The highest BCUT2D eigenvalue weighted by Crippen LogP contribution is 2.20. The van der Waals surface area contributed by atoms with Gasteiger partial charge in [-0.2, -0.15) is 0 Å². The molecule has 0 spiro atoms. The van der Waals surface area contributed by atoms with Crippen molar-refractivity contribution in [2.75, 3.05) is 6.61 Å². The number of amides is 1. The highest BCUT2D eigenvalue weighted by Gasteiger charge is 2.23. The molecular formula is C25H30N4O5. The molecule has 1 atom stereocenters. The number of aryl methyl sites for hydroxylation is 3. The summed E-state index contributed by atoms with van der Waals surface area (Å²) in [5, 5.41) is 3.15. The van der Waals surface area contributed by atoms with Crippen LogP contribution in [0.1, 0.15) is 35.7 Å². The molecule has 0 bridgehead atoms. The topological polar surface area (TPSA) is 112 Å². The molecule has 0 saturated carbocycles. The maximum absolute atomic E-state index is 12.8. The van der Waals surface area contributed by atoms with Gasteiger partial charge in [-0.25, -0.2) is 14.6 Å². The third-order valence-electron chi connectivity index (χ3n) is 5.96. The highest BCUT2D eigenvalue weighted by atomic mass is 16.5. The summed E-state index contributed by atoms with van der Waals surface area (Å²) < 4.78 is 7.54. The van der Waals surface area contributed by atoms with E-state index in [9.17, 15) is 19.2 Å². The molecular weight excluding hydrogens is 436 g/mol. The highest BCUT2D eigenvalue weighted by molar-refractivity contribution is 5.85. The molecule has 9 nitrogen and oxygen atoms in total. The minimum Gasteiger partial charge on any atom is -0.464 e. The van der Waals surface area contributed by atoms with Crippen LogP contribution in [0.5, 0.6) is 0 Å². The quantitative estimate of drug-likeness (QED) is 0.503. The summed E-state index contributed by atoms with van der Waals surface area (Å²) in [7, 11) is 3.00. The monoisotopic (exact) mass is 466 g/mol. The van der Waals surface area contributed by atoms with E-state index >= 15 is 0 Å². The largest absolute Gasteiger partial charge is 0.464 e. The van der Waals surface area contributed by atoms with Gasteiger partial charge in [0.15, 0.2) is 0 Å². The average molecular weight is 467 g/mol. The zero-order valence-corrected chi connectivity index (χ0v) is 20.2. The number of benzene rings is 1. The Morgan fingerprint density at radius 1 is 1.09 bits per heavy atom. The third kappa shape index (κ3) is 5.08. The van der Waals surface area contributed by atoms with Crippen LogP contribution in [-0.4, -0.2) is 38.6 Å². The number of carbonyl (C=O) groups excluding carboxylic acids is 2. The summed E-state index contributed by atoms with van der Waals surface area (Å²) >= 11 is 0. The molecule has 0 fully saturated rings. The normalized spacial score (nSPS) is 11.9. The number of hydrogen-bond acceptors (Lipinski definition) is 6. The predicted octanol–water partition coefficient (Wildman–Crippen LogP) is 1.47. The molecule has 1 unspecified atom stereocenters. The van der Waals surface area contributed by atoms with Crippen molar-refractivity contribution in [3.05, 3.63) is 73.6 Å². The Balaban J connectivity index is 1.82. The Bertz CT molecular complexity index is 1340. The molecule has 1 N–H and O–H groups in total. The van der Waals surface area contributed by atoms with Gasteiger partial charge < -0.3 is 10.1 Å². The standard InChI is InChI=1S/C25H30N4O5/c1-6-34-24(32)19(14-17-10-8-7-9-11-17)27-20(30)13-12-18-15(2)21-22(26-16(18)3)28(4)25(33)29(5)23(21)31/h7-11,19H,6,12-14H2,1-5H3,(H,27,30). The minimum atomic E-state index is -0.798. The van der Waals surface area contributed by atoms with Gasteiger partial charge in [-0.3, -0.25) is 18.7 Å². The summed E-state index contributed by atoms with van der Waals surface area (Å²) in [5.41, 5.74) is 2.48. The minimum absolute atomic E-state index is 0.103. The Kier molecular flexibility index (Phi) is 7.65. The van der Waals surface area contributed by atoms with Crippen molar-refractivity contribution in [2.45, 2.75) is 46.1 Å². The number of carbonyl (C=O) groups is 2. The SMILES string of the molecule is CCOC(=O)C(Cc1ccccc1)NC(=O)CCc1c(C)nc2c(c1C)c(=O)n(C)c(=O)n2C. The van der Waals surface area contributed by atoms with Crippen molar-refractivity contribution in [3.8, 4) is 0 Å². The van der Waals surface area contributed by atoms with Crippen LogP contribution in [-0.2, 0) is 41.3 Å². The maximum Gasteiger partial charge on any atom is 0.332 e. The lowest BCUT2D eigenvalue weighted by molar-refractivity contribution is -0.147. The Morgan fingerprint density at radius 3 is 2.41 bits per heavy atom. The number of aromatic nitrogens is 3. The second kappa shape index (κ2) is 10.5. The first-order valence-corrected chi connectivity index (χ1v) is 11.2. The van der Waals surface area contributed by atoms with Crippen LogP contribution in [0.4, 0.5) is 0 Å². The molecule has 0 saturated heterocycles. The summed E-state index contributed by atoms with van der Waals surface area (Å²) in [6.45, 7) is 5.53. The van der Waals surface area contributed by atoms with E-state index in [0.717, 1.165) is 15.7 Å². The van der Waals surface area contributed by atoms with Gasteiger partial charge in [0.05, 0.1) is 12.0 Å². The van der Waals surface area contributed by atoms with Crippen LogP contribution < -0.4 is 16.6 Å². The second-order valence-corrected chi connectivity index (χ2v) is 8.27. The summed E-state index contributed by atoms with van der Waals surface area (Å²) in [5.74, 6) is -0.787. The first-order valence-electron chi connectivity index (χ1n) is 11.2. The molecule has 2 aromatic heterocycles. The molecule has 0 aliphatic carbocycles. The number of rotatable bonds is 8. The van der Waals surface area contributed by atoms with Crippen molar-refractivity contribution in [3.63, 3.8) is 0 Å². The zero-order chi connectivity index (χ0) is 25.0. The van der Waals surface area contributed by atoms with E-state index in [2.05, 4.69) is 10.3 Å². The molecule has 34 heavy (non-hydrogen) atoms. The number of esters is 1. The molecule has 1 aromatic carbocycles. The van der Waals surface area contributed by atoms with Gasteiger partial charge in [0.1, 0.15) is 11.7 Å². The summed E-state index contributed by atoms with van der Waals surface area (Å²) in [4.78, 5) is 54.7. The van der Waals surface area contributed by atoms with Gasteiger partial charge in [-0.05, 0) is 43.9 Å². The number of hydrogen-bond donors (Lipinski definition) is 1. The maximum atomic E-state index is 12.8. The first kappa shape index (κ1) is 24.9. The molecule has 180 valence electrons. The van der Waals surface area contributed by atoms with Crippen LogP contribution in [0.15, 0.2) is 39.9 Å². The van der Waals surface area contributed by atoms with E-state index in [0.29, 0.717) is 35.1 Å². The van der Waals surface area contributed by atoms with Crippen molar-refractivity contribution in [1.82, 2.24) is 19.4 Å². The molecule has 1 amide bonds. The van der Waals surface area contributed by atoms with E-state index in [1.165, 1.54) is 11.6 Å². The Labute approximate surface area is 197 Å². The molecule has 2 heterocycles. The van der Waals surface area contributed by atoms with E-state index in [1.54, 1.807) is 27.8 Å². The third-order valence-corrected chi connectivity index (χ3v) is 5.96. The Morgan fingerprint density at radius 2 is 1.76 bits per heavy atom. The van der Waals surface area contributed by atoms with Crippen molar-refractivity contribution >= 4 is 22.9 Å². The number of pyridine rings is 1. The average Bonchev–Trinajstić information content (AvgIpc) is 2.81. The van der Waals surface area contributed by atoms with Gasteiger partial charge in [-0.15, -0.1) is 0 Å². The first-order chi connectivity index (χ1) is 16.1. The van der Waals surface area contributed by atoms with Crippen LogP contribution >= 0.6 is 0 Å². The lowest BCUT2D eigenvalue weighted by atomic mass is 9.99. The second-order valence-electron chi connectivity index (χ2n) is 8.27. The van der Waals surface area contributed by atoms with E-state index in [4.69, 9.17) is 4.74 Å².